The summed E-state index contributed by atoms with van der Waals surface area (Å²) in [6.07, 6.45) is 0. The minimum Gasteiger partial charge on any atom is -0.192 e. The molecule has 0 N–H and O–H groups in total. The number of nitriles is 2. The smallest absolute Gasteiger partial charge is 0.101 e. The molecule has 0 unspecified atom stereocenters. The minimum atomic E-state index is 0.471. The molecule has 0 bridgehead atoms. The van der Waals surface area contributed by atoms with Crippen LogP contribution >= 0.6 is 23.5 Å². The van der Waals surface area contributed by atoms with Gasteiger partial charge in [0.25, 0.3) is 0 Å². The Labute approximate surface area is 105 Å². The van der Waals surface area contributed by atoms with Gasteiger partial charge >= 0.3 is 0 Å². The van der Waals surface area contributed by atoms with E-state index >= 15 is 0 Å². The number of hydrogen-bond acceptors (Lipinski definition) is 4. The summed E-state index contributed by atoms with van der Waals surface area (Å²) in [6, 6.07) is 7.79. The molecule has 0 spiro atoms. The second-order valence-electron chi connectivity index (χ2n) is 2.93. The number of thioether (sulfide) groups is 2. The fourth-order valence-electron chi connectivity index (χ4n) is 1.28. The van der Waals surface area contributed by atoms with Crippen LogP contribution in [0.15, 0.2) is 21.9 Å². The summed E-state index contributed by atoms with van der Waals surface area (Å²) in [5.41, 5.74) is 0.942. The first-order chi connectivity index (χ1) is 7.76. The average molecular weight is 248 g/mol. The molecule has 1 aromatic carbocycles. The van der Waals surface area contributed by atoms with Crippen LogP contribution in [0.1, 0.15) is 25.0 Å². The van der Waals surface area contributed by atoms with Gasteiger partial charge in [-0.1, -0.05) is 13.8 Å². The van der Waals surface area contributed by atoms with Crippen LogP contribution in [-0.4, -0.2) is 11.5 Å². The van der Waals surface area contributed by atoms with Crippen molar-refractivity contribution in [2.75, 3.05) is 11.5 Å². The molecule has 0 atom stereocenters. The van der Waals surface area contributed by atoms with Crippen LogP contribution in [0.2, 0.25) is 0 Å². The Hall–Kier alpha value is -1.10. The van der Waals surface area contributed by atoms with E-state index < -0.39 is 0 Å². The first-order valence-corrected chi connectivity index (χ1v) is 6.97. The Kier molecular flexibility index (Phi) is 5.25. The minimum absolute atomic E-state index is 0.471. The van der Waals surface area contributed by atoms with Gasteiger partial charge in [-0.05, 0) is 23.6 Å². The van der Waals surface area contributed by atoms with Crippen molar-refractivity contribution in [3.8, 4) is 12.1 Å². The molecule has 0 amide bonds. The molecular weight excluding hydrogens is 236 g/mol. The molecule has 0 aromatic heterocycles. The third kappa shape index (κ3) is 2.95. The van der Waals surface area contributed by atoms with E-state index in [2.05, 4.69) is 26.0 Å². The summed E-state index contributed by atoms with van der Waals surface area (Å²) in [4.78, 5) is 2.20. The van der Waals surface area contributed by atoms with Crippen LogP contribution in [0.4, 0.5) is 0 Å². The maximum absolute atomic E-state index is 8.95. The number of hydrogen-bond donors (Lipinski definition) is 0. The Morgan fingerprint density at radius 3 is 1.56 bits per heavy atom. The zero-order valence-electron chi connectivity index (χ0n) is 9.28. The van der Waals surface area contributed by atoms with Crippen LogP contribution in [0.5, 0.6) is 0 Å². The molecule has 0 aliphatic heterocycles. The lowest BCUT2D eigenvalue weighted by atomic mass is 10.1. The highest BCUT2D eigenvalue weighted by molar-refractivity contribution is 8.02. The molecule has 0 saturated carbocycles. The highest BCUT2D eigenvalue weighted by Crippen LogP contribution is 2.33. The Balaban J connectivity index is 3.26. The molecular formula is C12H12N2S2. The third-order valence-corrected chi connectivity index (χ3v) is 3.93. The van der Waals surface area contributed by atoms with E-state index in [4.69, 9.17) is 10.5 Å². The van der Waals surface area contributed by atoms with E-state index in [0.717, 1.165) is 21.3 Å². The zero-order chi connectivity index (χ0) is 12.0. The lowest BCUT2D eigenvalue weighted by molar-refractivity contribution is 1.21. The molecule has 0 aliphatic rings. The molecule has 2 nitrogen and oxygen atoms in total. The highest BCUT2D eigenvalue weighted by atomic mass is 32.2. The first-order valence-electron chi connectivity index (χ1n) is 5.00. The maximum atomic E-state index is 8.95. The Morgan fingerprint density at radius 2 is 1.31 bits per heavy atom. The van der Waals surface area contributed by atoms with Gasteiger partial charge in [0.2, 0.25) is 0 Å². The Bertz CT molecular complexity index is 412. The first kappa shape index (κ1) is 13.0. The summed E-state index contributed by atoms with van der Waals surface area (Å²) >= 11 is 3.42. The fraction of sp³-hybridized carbons (Fsp3) is 0.333. The van der Waals surface area contributed by atoms with Gasteiger partial charge < -0.3 is 0 Å². The van der Waals surface area contributed by atoms with E-state index in [-0.39, 0.29) is 0 Å². The van der Waals surface area contributed by atoms with Crippen molar-refractivity contribution < 1.29 is 0 Å². The molecule has 0 fully saturated rings. The van der Waals surface area contributed by atoms with Gasteiger partial charge in [-0.2, -0.15) is 10.5 Å². The molecule has 1 aromatic rings. The SMILES string of the molecule is CCSc1cc(C#N)c(C#N)cc1SCC. The van der Waals surface area contributed by atoms with E-state index in [9.17, 15) is 0 Å². The number of rotatable bonds is 4. The van der Waals surface area contributed by atoms with Crippen molar-refractivity contribution in [2.45, 2.75) is 23.6 Å². The van der Waals surface area contributed by atoms with Gasteiger partial charge in [-0.3, -0.25) is 0 Å². The van der Waals surface area contributed by atoms with Gasteiger partial charge in [-0.15, -0.1) is 23.5 Å². The summed E-state index contributed by atoms with van der Waals surface area (Å²) < 4.78 is 0. The average Bonchev–Trinajstić information content (AvgIpc) is 2.31. The van der Waals surface area contributed by atoms with Crippen molar-refractivity contribution in [1.82, 2.24) is 0 Å². The van der Waals surface area contributed by atoms with Crippen LogP contribution in [0, 0.1) is 22.7 Å². The lowest BCUT2D eigenvalue weighted by Crippen LogP contribution is -1.89. The fourth-order valence-corrected chi connectivity index (χ4v) is 3.06. The highest BCUT2D eigenvalue weighted by Gasteiger charge is 2.09. The van der Waals surface area contributed by atoms with E-state index in [1.54, 1.807) is 23.5 Å². The van der Waals surface area contributed by atoms with Crippen LogP contribution < -0.4 is 0 Å². The maximum Gasteiger partial charge on any atom is 0.101 e. The summed E-state index contributed by atoms with van der Waals surface area (Å²) in [5.74, 6) is 1.93. The topological polar surface area (TPSA) is 47.6 Å². The second kappa shape index (κ2) is 6.48. The van der Waals surface area contributed by atoms with Gasteiger partial charge in [0, 0.05) is 9.79 Å². The summed E-state index contributed by atoms with van der Waals surface area (Å²) in [6.45, 7) is 4.16. The summed E-state index contributed by atoms with van der Waals surface area (Å²) in [5, 5.41) is 17.9. The lowest BCUT2D eigenvalue weighted by Gasteiger charge is -2.08. The molecule has 0 radical (unpaired) electrons. The van der Waals surface area contributed by atoms with Crippen molar-refractivity contribution in [2.24, 2.45) is 0 Å². The third-order valence-electron chi connectivity index (χ3n) is 1.92. The van der Waals surface area contributed by atoms with Gasteiger partial charge in [0.05, 0.1) is 11.1 Å². The monoisotopic (exact) mass is 248 g/mol. The van der Waals surface area contributed by atoms with Crippen molar-refractivity contribution in [3.05, 3.63) is 23.3 Å². The van der Waals surface area contributed by atoms with E-state index in [1.165, 1.54) is 0 Å². The molecule has 0 aliphatic carbocycles. The second-order valence-corrected chi connectivity index (χ2v) is 5.55. The predicted octanol–water partition coefficient (Wildman–Crippen LogP) is 3.65. The molecule has 1 rings (SSSR count). The van der Waals surface area contributed by atoms with Crippen molar-refractivity contribution in [1.29, 1.82) is 10.5 Å². The van der Waals surface area contributed by atoms with Crippen LogP contribution in [0.3, 0.4) is 0 Å². The van der Waals surface area contributed by atoms with E-state index in [0.29, 0.717) is 11.1 Å². The van der Waals surface area contributed by atoms with Crippen LogP contribution in [-0.2, 0) is 0 Å². The Morgan fingerprint density at radius 1 is 0.938 bits per heavy atom. The van der Waals surface area contributed by atoms with Gasteiger partial charge in [0.1, 0.15) is 12.1 Å². The van der Waals surface area contributed by atoms with Crippen molar-refractivity contribution >= 4 is 23.5 Å². The van der Waals surface area contributed by atoms with Gasteiger partial charge in [-0.25, -0.2) is 0 Å². The molecule has 0 saturated heterocycles. The molecule has 16 heavy (non-hydrogen) atoms. The van der Waals surface area contributed by atoms with Crippen LogP contribution in [0.25, 0.3) is 0 Å². The normalized spacial score (nSPS) is 9.50. The zero-order valence-corrected chi connectivity index (χ0v) is 10.9. The molecule has 0 heterocycles. The summed E-state index contributed by atoms with van der Waals surface area (Å²) in [7, 11) is 0. The molecule has 82 valence electrons. The largest absolute Gasteiger partial charge is 0.192 e. The molecule has 4 heteroatoms. The number of benzene rings is 1. The van der Waals surface area contributed by atoms with Crippen molar-refractivity contribution in [3.63, 3.8) is 0 Å². The quantitative estimate of drug-likeness (QED) is 0.763. The van der Waals surface area contributed by atoms with Gasteiger partial charge in [0.15, 0.2) is 0 Å². The number of nitrogens with zero attached hydrogens (tertiary/aromatic N) is 2. The standard InChI is InChI=1S/C12H12N2S2/c1-3-15-11-5-9(7-13)10(8-14)6-12(11)16-4-2/h5-6H,3-4H2,1-2H3. The predicted molar refractivity (Wildman–Crippen MR) is 68.7 cm³/mol. The van der Waals surface area contributed by atoms with E-state index in [1.807, 2.05) is 12.1 Å².